The lowest BCUT2D eigenvalue weighted by Crippen LogP contribution is -2.27. The van der Waals surface area contributed by atoms with Crippen molar-refractivity contribution in [1.29, 1.82) is 0 Å². The van der Waals surface area contributed by atoms with Gasteiger partial charge in [-0.1, -0.05) is 43.0 Å². The van der Waals surface area contributed by atoms with E-state index >= 15 is 0 Å². The Kier molecular flexibility index (Phi) is 8.00. The summed E-state index contributed by atoms with van der Waals surface area (Å²) >= 11 is 6.58. The van der Waals surface area contributed by atoms with Gasteiger partial charge in [-0.15, -0.1) is 0 Å². The highest BCUT2D eigenvalue weighted by molar-refractivity contribution is 6.31. The van der Waals surface area contributed by atoms with E-state index < -0.39 is 17.7 Å². The predicted octanol–water partition coefficient (Wildman–Crippen LogP) is 7.64. The fraction of sp³-hybridized carbons (Fsp3) is 0.467. The number of hydrogen-bond acceptors (Lipinski definition) is 5. The first-order valence-corrected chi connectivity index (χ1v) is 13.3. The number of carbonyl (C=O) groups excluding carboxylic acids is 2. The van der Waals surface area contributed by atoms with Crippen LogP contribution in [-0.4, -0.2) is 48.3 Å². The fourth-order valence-electron chi connectivity index (χ4n) is 5.33. The molecule has 37 heavy (non-hydrogen) atoms. The van der Waals surface area contributed by atoms with Crippen molar-refractivity contribution in [2.45, 2.75) is 70.9 Å². The van der Waals surface area contributed by atoms with Crippen molar-refractivity contribution in [3.05, 3.63) is 58.1 Å². The van der Waals surface area contributed by atoms with Gasteiger partial charge in [0, 0.05) is 17.0 Å². The van der Waals surface area contributed by atoms with E-state index in [4.69, 9.17) is 21.1 Å². The van der Waals surface area contributed by atoms with E-state index in [2.05, 4.69) is 11.0 Å². The van der Waals surface area contributed by atoms with Crippen molar-refractivity contribution in [3.63, 3.8) is 0 Å². The quantitative estimate of drug-likeness (QED) is 0.321. The molecule has 0 radical (unpaired) electrons. The Bertz CT molecular complexity index is 1310. The molecule has 0 saturated heterocycles. The smallest absolute Gasteiger partial charge is 0.419 e. The van der Waals surface area contributed by atoms with Crippen LogP contribution in [0.3, 0.4) is 0 Å². The Morgan fingerprint density at radius 2 is 1.76 bits per heavy atom. The Morgan fingerprint density at radius 1 is 1.05 bits per heavy atom. The van der Waals surface area contributed by atoms with E-state index in [0.29, 0.717) is 28.6 Å². The molecule has 6 nitrogen and oxygen atoms in total. The van der Waals surface area contributed by atoms with Crippen LogP contribution in [0.15, 0.2) is 36.4 Å². The molecule has 1 aromatic heterocycles. The molecule has 0 atom stereocenters. The molecule has 1 aliphatic carbocycles. The van der Waals surface area contributed by atoms with Gasteiger partial charge in [-0.25, -0.2) is 14.2 Å². The summed E-state index contributed by atoms with van der Waals surface area (Å²) in [6.45, 7) is 6.24. The van der Waals surface area contributed by atoms with Crippen molar-refractivity contribution in [2.75, 3.05) is 21.2 Å². The molecule has 198 valence electrons. The second kappa shape index (κ2) is 10.9. The molecule has 1 saturated carbocycles. The Hall–Kier alpha value is -2.83. The minimum atomic E-state index is -0.689. The second-order valence-electron chi connectivity index (χ2n) is 11.2. The van der Waals surface area contributed by atoms with Crippen LogP contribution in [0.1, 0.15) is 80.3 Å². The molecule has 4 rings (SSSR count). The lowest BCUT2D eigenvalue weighted by atomic mass is 9.81. The number of benzene rings is 2. The highest BCUT2D eigenvalue weighted by Crippen LogP contribution is 2.45. The number of rotatable bonds is 5. The monoisotopic (exact) mass is 524 g/mol. The maximum absolute atomic E-state index is 13.8. The molecule has 0 amide bonds. The van der Waals surface area contributed by atoms with Crippen molar-refractivity contribution in [3.8, 4) is 11.3 Å². The molecule has 0 bridgehead atoms. The average Bonchev–Trinajstić information content (AvgIpc) is 3.18. The predicted molar refractivity (Wildman–Crippen MR) is 149 cm³/mol. The SMILES string of the molecule is COC(=O)c1ccc2c(C3CCCCC3)c(-c3ccc(Cl)c(CN(C)C)c3)n(C(=O)OC(C)(C)C)c2c1. The van der Waals surface area contributed by atoms with E-state index in [-0.39, 0.29) is 0 Å². The van der Waals surface area contributed by atoms with Gasteiger partial charge < -0.3 is 14.4 Å². The summed E-state index contributed by atoms with van der Waals surface area (Å²) in [6, 6.07) is 11.4. The molecule has 1 fully saturated rings. The van der Waals surface area contributed by atoms with Crippen molar-refractivity contribution in [2.24, 2.45) is 0 Å². The van der Waals surface area contributed by atoms with Gasteiger partial charge in [-0.05, 0) is 94.6 Å². The minimum Gasteiger partial charge on any atom is -0.465 e. The number of aromatic nitrogens is 1. The summed E-state index contributed by atoms with van der Waals surface area (Å²) in [4.78, 5) is 28.4. The van der Waals surface area contributed by atoms with Crippen molar-refractivity contribution >= 4 is 34.6 Å². The zero-order valence-electron chi connectivity index (χ0n) is 22.7. The van der Waals surface area contributed by atoms with Crippen LogP contribution in [0.2, 0.25) is 5.02 Å². The lowest BCUT2D eigenvalue weighted by Gasteiger charge is -2.25. The normalized spacial score (nSPS) is 14.8. The van der Waals surface area contributed by atoms with Gasteiger partial charge in [-0.3, -0.25) is 0 Å². The minimum absolute atomic E-state index is 0.298. The van der Waals surface area contributed by atoms with Gasteiger partial charge in [0.05, 0.1) is 23.9 Å². The number of hydrogen-bond donors (Lipinski definition) is 0. The third-order valence-electron chi connectivity index (χ3n) is 6.82. The van der Waals surface area contributed by atoms with E-state index in [0.717, 1.165) is 53.5 Å². The molecule has 1 aliphatic rings. The first-order chi connectivity index (χ1) is 17.5. The summed E-state index contributed by atoms with van der Waals surface area (Å²) < 4.78 is 12.6. The van der Waals surface area contributed by atoms with Gasteiger partial charge >= 0.3 is 12.1 Å². The molecule has 1 heterocycles. The highest BCUT2D eigenvalue weighted by atomic mass is 35.5. The van der Waals surface area contributed by atoms with Crippen LogP contribution in [-0.2, 0) is 16.0 Å². The molecule has 0 unspecified atom stereocenters. The maximum Gasteiger partial charge on any atom is 0.419 e. The zero-order valence-corrected chi connectivity index (χ0v) is 23.4. The summed E-state index contributed by atoms with van der Waals surface area (Å²) in [7, 11) is 5.36. The summed E-state index contributed by atoms with van der Waals surface area (Å²) in [5.41, 5.74) is 4.19. The zero-order chi connectivity index (χ0) is 26.9. The van der Waals surface area contributed by atoms with E-state index in [9.17, 15) is 9.59 Å². The second-order valence-corrected chi connectivity index (χ2v) is 11.6. The summed E-state index contributed by atoms with van der Waals surface area (Å²) in [6.07, 6.45) is 5.15. The molecule has 7 heteroatoms. The number of carbonyl (C=O) groups is 2. The van der Waals surface area contributed by atoms with Crippen LogP contribution in [0.25, 0.3) is 22.2 Å². The van der Waals surface area contributed by atoms with E-state index in [1.165, 1.54) is 13.5 Å². The molecule has 3 aromatic rings. The largest absolute Gasteiger partial charge is 0.465 e. The topological polar surface area (TPSA) is 60.8 Å². The van der Waals surface area contributed by atoms with Gasteiger partial charge in [0.15, 0.2) is 0 Å². The fourth-order valence-corrected chi connectivity index (χ4v) is 5.51. The van der Waals surface area contributed by atoms with Crippen LogP contribution in [0.5, 0.6) is 0 Å². The number of ether oxygens (including phenoxy) is 2. The van der Waals surface area contributed by atoms with Gasteiger partial charge in [0.2, 0.25) is 0 Å². The Balaban J connectivity index is 2.07. The standard InChI is InChI=1S/C30H37ClN2O4/c1-30(2,3)37-29(35)33-25-17-21(28(34)36-6)12-14-23(25)26(19-10-8-7-9-11-19)27(33)20-13-15-24(31)22(16-20)18-32(4)5/h12-17,19H,7-11,18H2,1-6H3. The van der Waals surface area contributed by atoms with E-state index in [1.807, 2.05) is 53.1 Å². The first kappa shape index (κ1) is 27.2. The lowest BCUT2D eigenvalue weighted by molar-refractivity contribution is 0.0543. The first-order valence-electron chi connectivity index (χ1n) is 12.9. The van der Waals surface area contributed by atoms with Gasteiger partial charge in [0.25, 0.3) is 0 Å². The number of fused-ring (bicyclic) bond motifs is 1. The summed E-state index contributed by atoms with van der Waals surface area (Å²) in [5.74, 6) is -0.147. The Labute approximate surface area is 224 Å². The average molecular weight is 525 g/mol. The molecule has 2 aromatic carbocycles. The highest BCUT2D eigenvalue weighted by Gasteiger charge is 2.31. The molecule has 0 N–H and O–H groups in total. The van der Waals surface area contributed by atoms with Crippen molar-refractivity contribution < 1.29 is 19.1 Å². The maximum atomic E-state index is 13.8. The third-order valence-corrected chi connectivity index (χ3v) is 7.19. The number of halogens is 1. The number of esters is 1. The molecular formula is C30H37ClN2O4. The van der Waals surface area contributed by atoms with Crippen LogP contribution < -0.4 is 0 Å². The molecule has 0 spiro atoms. The van der Waals surface area contributed by atoms with Gasteiger partial charge in [0.1, 0.15) is 5.60 Å². The number of nitrogens with zero attached hydrogens (tertiary/aromatic N) is 2. The summed E-state index contributed by atoms with van der Waals surface area (Å²) in [5, 5.41) is 1.65. The number of methoxy groups -OCH3 is 1. The van der Waals surface area contributed by atoms with Gasteiger partial charge in [-0.2, -0.15) is 0 Å². The van der Waals surface area contributed by atoms with Crippen LogP contribution in [0, 0.1) is 0 Å². The van der Waals surface area contributed by atoms with Crippen LogP contribution in [0.4, 0.5) is 4.79 Å². The van der Waals surface area contributed by atoms with E-state index in [1.54, 1.807) is 16.7 Å². The Morgan fingerprint density at radius 3 is 2.38 bits per heavy atom. The van der Waals surface area contributed by atoms with Crippen molar-refractivity contribution in [1.82, 2.24) is 9.47 Å². The molecular weight excluding hydrogens is 488 g/mol. The molecule has 0 aliphatic heterocycles. The third kappa shape index (κ3) is 5.86. The van der Waals surface area contributed by atoms with Crippen LogP contribution >= 0.6 is 11.6 Å².